The van der Waals surface area contributed by atoms with Gasteiger partial charge in [-0.15, -0.1) is 0 Å². The van der Waals surface area contributed by atoms with Gasteiger partial charge in [0.1, 0.15) is 0 Å². The summed E-state index contributed by atoms with van der Waals surface area (Å²) in [5.41, 5.74) is 0. The highest BCUT2D eigenvalue weighted by atomic mass is 16.5. The molecule has 0 bridgehead atoms. The van der Waals surface area contributed by atoms with Gasteiger partial charge >= 0.3 is 0 Å². The van der Waals surface area contributed by atoms with Crippen LogP contribution in [-0.2, 0) is 18.9 Å². The zero-order valence-electron chi connectivity index (χ0n) is 14.6. The van der Waals surface area contributed by atoms with E-state index in [1.807, 2.05) is 27.9 Å². The molecule has 0 spiro atoms. The lowest BCUT2D eigenvalue weighted by Gasteiger charge is -2.11. The maximum atomic E-state index is 5.34. The van der Waals surface area contributed by atoms with E-state index >= 15 is 0 Å². The molecule has 2 unspecified atom stereocenters. The fourth-order valence-corrected chi connectivity index (χ4v) is 1.05. The molecule has 6 nitrogen and oxygen atoms in total. The first-order valence-corrected chi connectivity index (χ1v) is 6.86. The Bertz CT molecular complexity index is 155. The molecule has 6 heteroatoms. The number of hydrogen-bond donors (Lipinski definition) is 2. The molecular weight excluding hydrogens is 380 g/mol. The fraction of sp³-hybridized carbons (Fsp3) is 1.00. The largest absolute Gasteiger partial charge is 0.388 e. The maximum absolute atomic E-state index is 5.34. The summed E-state index contributed by atoms with van der Waals surface area (Å²) in [6, 6.07) is 0. The lowest BCUT2D eigenvalue weighted by Crippen LogP contribution is -2.24. The van der Waals surface area contributed by atoms with Crippen LogP contribution in [0.2, 0.25) is 0 Å². The summed E-state index contributed by atoms with van der Waals surface area (Å²) in [5, 5.41) is 6.02. The molecule has 0 amide bonds. The van der Waals surface area contributed by atoms with Gasteiger partial charge in [-0.05, 0) is 27.9 Å². The molecule has 0 radical (unpaired) electrons. The summed E-state index contributed by atoms with van der Waals surface area (Å²) in [6.45, 7) is 7.23. The Morgan fingerprint density at radius 1 is 0.567 bits per heavy atom. The zero-order chi connectivity index (χ0) is 16.2. The molecule has 30 heavy (non-hydrogen) atoms. The lowest BCUT2D eigenvalue weighted by molar-refractivity contribution is 0.0276. The molecule has 2 atom stereocenters. The van der Waals surface area contributed by atoms with Crippen LogP contribution in [0.15, 0.2) is 0 Å². The van der Waals surface area contributed by atoms with E-state index in [-0.39, 0.29) is 80.4 Å². The van der Waals surface area contributed by atoms with Gasteiger partial charge in [-0.3, -0.25) is 0 Å². The summed E-state index contributed by atoms with van der Waals surface area (Å²) in [6.07, 6.45) is 0.616. The van der Waals surface area contributed by atoms with Crippen molar-refractivity contribution in [1.82, 2.24) is 10.6 Å². The van der Waals surface area contributed by atoms with Crippen molar-refractivity contribution in [3.63, 3.8) is 0 Å². The number of nitrogens with one attached hydrogen (secondary N) is 2. The summed E-state index contributed by atoms with van der Waals surface area (Å²) in [7, 11) is 10.5. The predicted molar refractivity (Wildman–Crippen MR) is 152 cm³/mol. The third-order valence-electron chi connectivity index (χ3n) is 2.08. The Morgan fingerprint density at radius 2 is 0.867 bits per heavy atom. The Kier molecular flexibility index (Phi) is 261. The Hall–Kier alpha value is -0.240. The molecule has 2 N–H and O–H groups in total. The van der Waals surface area contributed by atoms with Crippen LogP contribution >= 0.6 is 0 Å². The van der Waals surface area contributed by atoms with Gasteiger partial charge in [-0.2, -0.15) is 0 Å². The first-order valence-electron chi connectivity index (χ1n) is 6.86. The minimum atomic E-state index is 0. The fourth-order valence-electron chi connectivity index (χ4n) is 1.05. The molecule has 0 aromatic heterocycles. The summed E-state index contributed by atoms with van der Waals surface area (Å²) >= 11 is 0. The quantitative estimate of drug-likeness (QED) is 0.360. The maximum Gasteiger partial charge on any atom is 0.0704 e. The molecule has 0 aliphatic heterocycles. The molecule has 0 rings (SSSR count). The van der Waals surface area contributed by atoms with Gasteiger partial charge in [0, 0.05) is 41.5 Å². The van der Waals surface area contributed by atoms with Crippen LogP contribution in [0.1, 0.15) is 88.1 Å². The molecule has 0 aliphatic carbocycles. The zero-order valence-corrected chi connectivity index (χ0v) is 14.6. The van der Waals surface area contributed by atoms with Crippen molar-refractivity contribution in [1.29, 1.82) is 0 Å². The third kappa shape index (κ3) is 122. The summed E-state index contributed by atoms with van der Waals surface area (Å²) < 4.78 is 19.3. The van der Waals surface area contributed by atoms with Gasteiger partial charge in [0.2, 0.25) is 0 Å². The molecule has 0 aromatic carbocycles. The Balaban J connectivity index is -0.0000000121. The van der Waals surface area contributed by atoms with E-state index in [4.69, 9.17) is 14.2 Å². The van der Waals surface area contributed by atoms with Crippen molar-refractivity contribution < 1.29 is 18.9 Å². The van der Waals surface area contributed by atoms with E-state index in [1.165, 1.54) is 0 Å². The number of methoxy groups -OCH3 is 3. The van der Waals surface area contributed by atoms with Crippen LogP contribution in [0.5, 0.6) is 0 Å². The van der Waals surface area contributed by atoms with Gasteiger partial charge in [0.15, 0.2) is 0 Å². The second kappa shape index (κ2) is 89.2. The van der Waals surface area contributed by atoms with E-state index < -0.39 is 0 Å². The predicted octanol–water partition coefficient (Wildman–Crippen LogP) is 7.12. The first-order chi connectivity index (χ1) is 9.53. The van der Waals surface area contributed by atoms with Crippen LogP contribution in [0.3, 0.4) is 0 Å². The van der Waals surface area contributed by atoms with Crippen molar-refractivity contribution >= 4 is 0 Å². The van der Waals surface area contributed by atoms with Crippen LogP contribution in [-0.4, -0.2) is 81.0 Å². The number of ether oxygens (including phenoxy) is 4. The molecular formula is C24H76N2O4. The Morgan fingerprint density at radius 3 is 1.07 bits per heavy atom. The van der Waals surface area contributed by atoms with E-state index in [9.17, 15) is 0 Å². The highest BCUT2D eigenvalue weighted by Gasteiger charge is 1.97. The highest BCUT2D eigenvalue weighted by Crippen LogP contribution is 1.86. The van der Waals surface area contributed by atoms with Gasteiger partial charge in [-0.1, -0.05) is 74.3 Å². The number of hydrogen-bond acceptors (Lipinski definition) is 6. The summed E-state index contributed by atoms with van der Waals surface area (Å²) in [5.74, 6) is 0. The van der Waals surface area contributed by atoms with Crippen molar-refractivity contribution in [3.8, 4) is 0 Å². The average molecular weight is 457 g/mol. The van der Waals surface area contributed by atoms with Crippen LogP contribution in [0, 0.1) is 0 Å². The SMILES string of the molecule is C.C.C.C.C.C.C.C.C.C.CNCC(C)OC.CNCC(C)OCCOC.COC. The van der Waals surface area contributed by atoms with Crippen LogP contribution < -0.4 is 10.6 Å². The van der Waals surface area contributed by atoms with Gasteiger partial charge in [0.05, 0.1) is 25.4 Å². The van der Waals surface area contributed by atoms with E-state index in [1.54, 1.807) is 28.4 Å². The number of rotatable bonds is 9. The molecule has 0 heterocycles. The van der Waals surface area contributed by atoms with Gasteiger partial charge in [-0.25, -0.2) is 0 Å². The van der Waals surface area contributed by atoms with Crippen molar-refractivity contribution in [2.45, 2.75) is 100 Å². The Labute approximate surface area is 199 Å². The second-order valence-electron chi connectivity index (χ2n) is 4.24. The van der Waals surface area contributed by atoms with Crippen molar-refractivity contribution in [2.75, 3.05) is 68.8 Å². The van der Waals surface area contributed by atoms with Crippen LogP contribution in [0.4, 0.5) is 0 Å². The smallest absolute Gasteiger partial charge is 0.0704 e. The molecule has 0 aliphatic rings. The van der Waals surface area contributed by atoms with Crippen molar-refractivity contribution in [2.24, 2.45) is 0 Å². The monoisotopic (exact) mass is 457 g/mol. The van der Waals surface area contributed by atoms with Gasteiger partial charge in [0.25, 0.3) is 0 Å². The molecule has 206 valence electrons. The number of likely N-dealkylation sites (N-methyl/N-ethyl adjacent to an activating group) is 2. The first kappa shape index (κ1) is 87.6. The normalized spacial score (nSPS) is 8.40. The summed E-state index contributed by atoms with van der Waals surface area (Å²) in [4.78, 5) is 0. The third-order valence-corrected chi connectivity index (χ3v) is 2.08. The van der Waals surface area contributed by atoms with E-state index in [0.717, 1.165) is 13.1 Å². The minimum Gasteiger partial charge on any atom is -0.388 e. The van der Waals surface area contributed by atoms with Crippen molar-refractivity contribution in [3.05, 3.63) is 0 Å². The van der Waals surface area contributed by atoms with E-state index in [0.29, 0.717) is 19.3 Å². The average Bonchev–Trinajstić information content (AvgIpc) is 2.41. The standard InChI is InChI=1S/C7H17NO2.C5H13NO.C2H6O.10CH4/c1-7(6-8-2)10-5-4-9-3;1-5(7-3)4-6-2;1-3-2;;;;;;;;;;/h7-8H,4-6H2,1-3H3;5-6H,4H2,1-3H3;1-2H3;10*1H4. The second-order valence-corrected chi connectivity index (χ2v) is 4.24. The molecule has 0 saturated carbocycles. The molecule has 0 fully saturated rings. The lowest BCUT2D eigenvalue weighted by atomic mass is 10.4. The minimum absolute atomic E-state index is 0. The van der Waals surface area contributed by atoms with Crippen LogP contribution in [0.25, 0.3) is 0 Å². The highest BCUT2D eigenvalue weighted by molar-refractivity contribution is 4.50. The van der Waals surface area contributed by atoms with E-state index in [2.05, 4.69) is 15.4 Å². The molecule has 0 aromatic rings. The van der Waals surface area contributed by atoms with Gasteiger partial charge < -0.3 is 29.6 Å². The molecule has 0 saturated heterocycles. The topological polar surface area (TPSA) is 61.0 Å².